The van der Waals surface area contributed by atoms with Crippen molar-refractivity contribution in [1.82, 2.24) is 40.8 Å². The zero-order valence-corrected chi connectivity index (χ0v) is 35.6. The fraction of sp³-hybridized carbons (Fsp3) is 0.435. The smallest absolute Gasteiger partial charge is 0.407 e. The van der Waals surface area contributed by atoms with Crippen molar-refractivity contribution in [3.8, 4) is 33.6 Å². The van der Waals surface area contributed by atoms with Crippen LogP contribution in [0.2, 0.25) is 0 Å². The number of carbonyl (C=O) groups excluding carboxylic acids is 4. The van der Waals surface area contributed by atoms with Crippen molar-refractivity contribution in [3.63, 3.8) is 0 Å². The largest absolute Gasteiger partial charge is 0.453 e. The Bertz CT molecular complexity index is 2370. The zero-order valence-electron chi connectivity index (χ0n) is 35.6. The minimum Gasteiger partial charge on any atom is -0.453 e. The van der Waals surface area contributed by atoms with E-state index in [0.29, 0.717) is 25.3 Å². The predicted octanol–water partition coefficient (Wildman–Crippen LogP) is 7.35. The quantitative estimate of drug-likeness (QED) is 0.0860. The van der Waals surface area contributed by atoms with Gasteiger partial charge in [-0.2, -0.15) is 0 Å². The summed E-state index contributed by atoms with van der Waals surface area (Å²) in [5, 5.41) is 11.1. The summed E-state index contributed by atoms with van der Waals surface area (Å²) in [5.41, 5.74) is 4.63. The molecule has 2 aromatic heterocycles. The van der Waals surface area contributed by atoms with Gasteiger partial charge in [0.25, 0.3) is 0 Å². The first-order valence-electron chi connectivity index (χ1n) is 20.8. The van der Waals surface area contributed by atoms with Gasteiger partial charge < -0.3 is 35.0 Å². The average Bonchev–Trinajstić information content (AvgIpc) is 4.08. The second-order valence-electron chi connectivity index (χ2n) is 17.2. The zero-order chi connectivity index (χ0) is 42.9. The lowest BCUT2D eigenvalue weighted by Crippen LogP contribution is -2.57. The van der Waals surface area contributed by atoms with E-state index < -0.39 is 29.8 Å². The number of rotatable bonds is 12. The normalized spacial score (nSPS) is 21.3. The highest BCUT2D eigenvalue weighted by Crippen LogP contribution is 2.38. The minimum atomic E-state index is -1.08. The number of H-pyrrole nitrogens is 2. The van der Waals surface area contributed by atoms with Crippen LogP contribution in [0, 0.1) is 23.7 Å². The first kappa shape index (κ1) is 42.1. The fourth-order valence-corrected chi connectivity index (χ4v) is 8.69. The van der Waals surface area contributed by atoms with Crippen molar-refractivity contribution in [3.05, 3.63) is 84.7 Å². The van der Waals surface area contributed by atoms with Gasteiger partial charge in [0, 0.05) is 12.1 Å². The molecule has 0 radical (unpaired) electrons. The number of ketones is 1. The van der Waals surface area contributed by atoms with Crippen LogP contribution < -0.4 is 16.0 Å². The summed E-state index contributed by atoms with van der Waals surface area (Å²) in [6.45, 7) is 13.1. The molecule has 14 heteroatoms. The molecule has 316 valence electrons. The predicted molar refractivity (Wildman–Crippen MR) is 230 cm³/mol. The molecule has 60 heavy (non-hydrogen) atoms. The number of carbonyl (C=O) groups is 4. The molecule has 0 saturated carbocycles. The van der Waals surface area contributed by atoms with E-state index in [9.17, 15) is 19.2 Å². The number of hydrogen-bond donors (Lipinski definition) is 5. The molecule has 3 aromatic carbocycles. The Morgan fingerprint density at radius 2 is 1.30 bits per heavy atom. The van der Waals surface area contributed by atoms with Crippen molar-refractivity contribution < 1.29 is 28.7 Å². The van der Waals surface area contributed by atoms with Crippen molar-refractivity contribution in [1.29, 1.82) is 0 Å². The highest BCUT2D eigenvalue weighted by molar-refractivity contribution is 5.96. The molecule has 2 aliphatic heterocycles. The monoisotopic (exact) mass is 816 g/mol. The third kappa shape index (κ3) is 8.38. The van der Waals surface area contributed by atoms with Crippen LogP contribution in [0.25, 0.3) is 44.4 Å². The molecule has 14 nitrogen and oxygen atoms in total. The number of methoxy groups -OCH3 is 2. The van der Waals surface area contributed by atoms with Crippen molar-refractivity contribution in [2.45, 2.75) is 78.0 Å². The molecule has 5 aromatic rings. The Labute approximate surface area is 350 Å². The summed E-state index contributed by atoms with van der Waals surface area (Å²) in [6, 6.07) is 19.3. The Kier molecular flexibility index (Phi) is 12.1. The molecule has 2 saturated heterocycles. The number of aromatic amines is 2. The minimum absolute atomic E-state index is 0.116. The molecular formula is C46H56N8O6. The number of nitrogens with one attached hydrogen (secondary N) is 5. The van der Waals surface area contributed by atoms with Gasteiger partial charge in [-0.15, -0.1) is 0 Å². The molecule has 4 heterocycles. The number of ether oxygens (including phenoxy) is 2. The number of nitrogens with zero attached hydrogens (tertiary/aromatic N) is 3. The first-order valence-corrected chi connectivity index (χ1v) is 20.8. The standard InChI is InChI=1S/C46H56N8O6/c1-25(2)38(52-44(57)59-7)40(55)46(20-28(6)21-49-46)43-48-23-36(51-43)34-16-15-32-18-31(13-14-33(32)19-34)29-9-11-30(12-10-29)35-22-47-41(50-35)37-17-27(5)24-54(37)42(56)39(26(3)4)53-45(58)60-8/h9-16,18-19,22-23,25-28,37-39,49H,17,20-21,24H2,1-8H3,(H,47,50)(H,48,51)(H,52,57)(H,53,58)/t27-,28-,37+,38+,39+,46-/m1/s1. The molecule has 2 aliphatic rings. The number of likely N-dealkylation sites (tertiary alicyclic amines) is 1. The van der Waals surface area contributed by atoms with Crippen molar-refractivity contribution >= 4 is 34.6 Å². The van der Waals surface area contributed by atoms with Gasteiger partial charge in [0.1, 0.15) is 23.2 Å². The summed E-state index contributed by atoms with van der Waals surface area (Å²) in [6.07, 6.45) is 3.62. The van der Waals surface area contributed by atoms with E-state index in [1.54, 1.807) is 6.20 Å². The topological polar surface area (TPSA) is 183 Å². The van der Waals surface area contributed by atoms with Crippen LogP contribution in [-0.2, 0) is 24.6 Å². The maximum absolute atomic E-state index is 14.2. The molecule has 5 N–H and O–H groups in total. The third-order valence-electron chi connectivity index (χ3n) is 12.0. The van der Waals surface area contributed by atoms with E-state index in [2.05, 4.69) is 100 Å². The van der Waals surface area contributed by atoms with Gasteiger partial charge in [0.05, 0.1) is 50.1 Å². The SMILES string of the molecule is COC(=O)N[C@H](C(=O)N1C[C@H](C)C[C@H]1c1ncc(-c2ccc(-c3ccc4cc(-c5cnc([C@]6(C(=O)[C@@H](NC(=O)OC)C(C)C)C[C@@H](C)CN6)[nH]5)ccc4c3)cc2)[nH]1)C(C)C. The summed E-state index contributed by atoms with van der Waals surface area (Å²) < 4.78 is 9.62. The van der Waals surface area contributed by atoms with Gasteiger partial charge in [-0.3, -0.25) is 14.9 Å². The summed E-state index contributed by atoms with van der Waals surface area (Å²) in [5.74, 6) is 1.20. The molecule has 3 amide bonds. The molecule has 0 unspecified atom stereocenters. The Morgan fingerprint density at radius 3 is 1.92 bits per heavy atom. The summed E-state index contributed by atoms with van der Waals surface area (Å²) >= 11 is 0. The lowest BCUT2D eigenvalue weighted by Gasteiger charge is -2.32. The van der Waals surface area contributed by atoms with E-state index in [4.69, 9.17) is 19.4 Å². The molecule has 6 atom stereocenters. The van der Waals surface area contributed by atoms with Crippen molar-refractivity contribution in [2.75, 3.05) is 27.3 Å². The van der Waals surface area contributed by atoms with Crippen LogP contribution in [0.4, 0.5) is 9.59 Å². The number of aromatic nitrogens is 4. The van der Waals surface area contributed by atoms with Gasteiger partial charge >= 0.3 is 12.2 Å². The van der Waals surface area contributed by atoms with Crippen LogP contribution in [0.15, 0.2) is 73.1 Å². The van der Waals surface area contributed by atoms with E-state index in [1.165, 1.54) is 14.2 Å². The van der Waals surface area contributed by atoms with Crippen LogP contribution in [0.5, 0.6) is 0 Å². The van der Waals surface area contributed by atoms with Crippen LogP contribution in [0.1, 0.15) is 72.1 Å². The number of imidazole rings is 2. The fourth-order valence-electron chi connectivity index (χ4n) is 8.69. The molecular weight excluding hydrogens is 761 g/mol. The second kappa shape index (κ2) is 17.3. The number of alkyl carbamates (subject to hydrolysis) is 2. The number of fused-ring (bicyclic) bond motifs is 1. The second-order valence-corrected chi connectivity index (χ2v) is 17.2. The van der Waals surface area contributed by atoms with Crippen LogP contribution in [-0.4, -0.2) is 88.1 Å². The van der Waals surface area contributed by atoms with Gasteiger partial charge in [-0.1, -0.05) is 90.1 Å². The lowest BCUT2D eigenvalue weighted by atomic mass is 9.81. The lowest BCUT2D eigenvalue weighted by molar-refractivity contribution is -0.135. The average molecular weight is 817 g/mol. The van der Waals surface area contributed by atoms with Crippen LogP contribution >= 0.6 is 0 Å². The Balaban J connectivity index is 1.07. The Hall–Kier alpha value is -6.02. The molecule has 0 spiro atoms. The van der Waals surface area contributed by atoms with Crippen molar-refractivity contribution in [2.24, 2.45) is 23.7 Å². The molecule has 0 aliphatic carbocycles. The molecule has 0 bridgehead atoms. The summed E-state index contributed by atoms with van der Waals surface area (Å²) in [7, 11) is 2.58. The number of benzene rings is 3. The number of Topliss-reactive ketones (excluding diaryl/α,β-unsaturated/α-hetero) is 1. The summed E-state index contributed by atoms with van der Waals surface area (Å²) in [4.78, 5) is 70.4. The van der Waals surface area contributed by atoms with E-state index >= 15 is 0 Å². The third-order valence-corrected chi connectivity index (χ3v) is 12.0. The Morgan fingerprint density at radius 1 is 0.733 bits per heavy atom. The maximum Gasteiger partial charge on any atom is 0.407 e. The highest BCUT2D eigenvalue weighted by Gasteiger charge is 2.51. The van der Waals surface area contributed by atoms with E-state index in [-0.39, 0.29) is 41.4 Å². The van der Waals surface area contributed by atoms with Gasteiger partial charge in [0.15, 0.2) is 5.78 Å². The maximum atomic E-state index is 14.2. The first-order chi connectivity index (χ1) is 28.7. The number of hydrogen-bond acceptors (Lipinski definition) is 9. The van der Waals surface area contributed by atoms with Crippen LogP contribution in [0.3, 0.4) is 0 Å². The van der Waals surface area contributed by atoms with Gasteiger partial charge in [-0.25, -0.2) is 19.6 Å². The highest BCUT2D eigenvalue weighted by atomic mass is 16.5. The van der Waals surface area contributed by atoms with E-state index in [0.717, 1.165) is 56.7 Å². The van der Waals surface area contributed by atoms with Gasteiger partial charge in [0.2, 0.25) is 5.91 Å². The number of amides is 3. The molecule has 2 fully saturated rings. The van der Waals surface area contributed by atoms with E-state index in [1.807, 2.05) is 38.8 Å². The molecule has 7 rings (SSSR count). The van der Waals surface area contributed by atoms with Gasteiger partial charge in [-0.05, 0) is 82.7 Å².